The Labute approximate surface area is 154 Å². The van der Waals surface area contributed by atoms with E-state index >= 15 is 0 Å². The van der Waals surface area contributed by atoms with Gasteiger partial charge in [-0.2, -0.15) is 0 Å². The normalized spacial score (nSPS) is 10.7. The number of aryl methyl sites for hydroxylation is 1. The van der Waals surface area contributed by atoms with Crippen LogP contribution in [0.1, 0.15) is 28.4 Å². The standard InChI is InChI=1S/C19H18N2O6/c1-21-16(20-14-6-4-3-5-12(14)18(21)23)7-8-17(22)27-11-15-13(9-10-26-15)19(24)25-2/h3-6,9-10H,7-8,11H2,1-2H3. The quantitative estimate of drug-likeness (QED) is 0.612. The number of hydrogen-bond acceptors (Lipinski definition) is 7. The number of fused-ring (bicyclic) bond motifs is 1. The van der Waals surface area contributed by atoms with Crippen LogP contribution in [0.4, 0.5) is 0 Å². The van der Waals surface area contributed by atoms with Crippen LogP contribution in [0, 0.1) is 0 Å². The lowest BCUT2D eigenvalue weighted by molar-refractivity contribution is -0.145. The molecule has 2 aromatic heterocycles. The molecule has 140 valence electrons. The second kappa shape index (κ2) is 7.86. The van der Waals surface area contributed by atoms with Gasteiger partial charge in [0, 0.05) is 13.5 Å². The lowest BCUT2D eigenvalue weighted by atomic mass is 10.2. The minimum Gasteiger partial charge on any atom is -0.465 e. The summed E-state index contributed by atoms with van der Waals surface area (Å²) in [7, 11) is 2.87. The zero-order chi connectivity index (χ0) is 19.4. The van der Waals surface area contributed by atoms with E-state index < -0.39 is 11.9 Å². The summed E-state index contributed by atoms with van der Waals surface area (Å²) in [6.07, 6.45) is 1.61. The van der Waals surface area contributed by atoms with Gasteiger partial charge in [-0.25, -0.2) is 9.78 Å². The second-order valence-electron chi connectivity index (χ2n) is 5.82. The maximum absolute atomic E-state index is 12.4. The van der Waals surface area contributed by atoms with Gasteiger partial charge in [-0.3, -0.25) is 14.2 Å². The molecular weight excluding hydrogens is 352 g/mol. The lowest BCUT2D eigenvalue weighted by Gasteiger charge is -2.09. The molecule has 3 aromatic rings. The van der Waals surface area contributed by atoms with Crippen LogP contribution in [-0.4, -0.2) is 28.6 Å². The van der Waals surface area contributed by atoms with E-state index in [1.54, 1.807) is 31.3 Å². The number of ether oxygens (including phenoxy) is 2. The van der Waals surface area contributed by atoms with Gasteiger partial charge >= 0.3 is 11.9 Å². The highest BCUT2D eigenvalue weighted by Crippen LogP contribution is 2.14. The van der Waals surface area contributed by atoms with Gasteiger partial charge < -0.3 is 13.9 Å². The fraction of sp³-hybridized carbons (Fsp3) is 0.263. The number of aromatic nitrogens is 2. The summed E-state index contributed by atoms with van der Waals surface area (Å²) in [5.74, 6) is -0.356. The van der Waals surface area contributed by atoms with E-state index in [4.69, 9.17) is 9.15 Å². The van der Waals surface area contributed by atoms with Gasteiger partial charge in [-0.05, 0) is 18.2 Å². The van der Waals surface area contributed by atoms with Crippen molar-refractivity contribution in [3.8, 4) is 0 Å². The van der Waals surface area contributed by atoms with E-state index in [1.807, 2.05) is 0 Å². The molecule has 0 saturated carbocycles. The maximum Gasteiger partial charge on any atom is 0.341 e. The van der Waals surface area contributed by atoms with Crippen molar-refractivity contribution in [3.05, 3.63) is 64.1 Å². The Morgan fingerprint density at radius 1 is 1.22 bits per heavy atom. The smallest absolute Gasteiger partial charge is 0.341 e. The van der Waals surface area contributed by atoms with E-state index in [9.17, 15) is 14.4 Å². The third-order valence-corrected chi connectivity index (χ3v) is 4.14. The Kier molecular flexibility index (Phi) is 5.35. The highest BCUT2D eigenvalue weighted by molar-refractivity contribution is 5.90. The average molecular weight is 370 g/mol. The summed E-state index contributed by atoms with van der Waals surface area (Å²) >= 11 is 0. The van der Waals surface area contributed by atoms with Gasteiger partial charge in [0.05, 0.1) is 30.7 Å². The first kappa shape index (κ1) is 18.4. The third kappa shape index (κ3) is 3.89. The van der Waals surface area contributed by atoms with E-state index in [2.05, 4.69) is 9.72 Å². The highest BCUT2D eigenvalue weighted by Gasteiger charge is 2.17. The van der Waals surface area contributed by atoms with Gasteiger partial charge in [-0.1, -0.05) is 12.1 Å². The molecule has 0 radical (unpaired) electrons. The number of carbonyl (C=O) groups excluding carboxylic acids is 2. The molecule has 3 rings (SSSR count). The summed E-state index contributed by atoms with van der Waals surface area (Å²) < 4.78 is 16.3. The molecule has 0 aliphatic rings. The van der Waals surface area contributed by atoms with Crippen LogP contribution in [0.3, 0.4) is 0 Å². The Bertz CT molecular complexity index is 1050. The summed E-state index contributed by atoms with van der Waals surface area (Å²) in [5, 5.41) is 0.527. The van der Waals surface area contributed by atoms with Crippen LogP contribution in [0.2, 0.25) is 0 Å². The number of para-hydroxylation sites is 1. The molecular formula is C19H18N2O6. The summed E-state index contributed by atoms with van der Waals surface area (Å²) in [5.41, 5.74) is 0.633. The fourth-order valence-electron chi connectivity index (χ4n) is 2.66. The number of hydrogen-bond donors (Lipinski definition) is 0. The largest absolute Gasteiger partial charge is 0.465 e. The molecule has 8 nitrogen and oxygen atoms in total. The van der Waals surface area contributed by atoms with Crippen LogP contribution in [-0.2, 0) is 34.3 Å². The minimum atomic E-state index is -0.565. The zero-order valence-corrected chi connectivity index (χ0v) is 14.9. The number of carbonyl (C=O) groups is 2. The van der Waals surface area contributed by atoms with Crippen LogP contribution < -0.4 is 5.56 Å². The molecule has 8 heteroatoms. The molecule has 0 amide bonds. The van der Waals surface area contributed by atoms with Crippen molar-refractivity contribution in [1.82, 2.24) is 9.55 Å². The van der Waals surface area contributed by atoms with Crippen molar-refractivity contribution in [1.29, 1.82) is 0 Å². The number of methoxy groups -OCH3 is 1. The van der Waals surface area contributed by atoms with E-state index in [1.165, 1.54) is 24.0 Å². The monoisotopic (exact) mass is 370 g/mol. The number of rotatable bonds is 6. The van der Waals surface area contributed by atoms with Crippen LogP contribution in [0.5, 0.6) is 0 Å². The van der Waals surface area contributed by atoms with Crippen LogP contribution in [0.15, 0.2) is 45.8 Å². The Hall–Kier alpha value is -3.42. The van der Waals surface area contributed by atoms with Gasteiger partial charge in [-0.15, -0.1) is 0 Å². The Morgan fingerprint density at radius 2 is 2.00 bits per heavy atom. The predicted octanol–water partition coefficient (Wildman–Crippen LogP) is 1.99. The summed E-state index contributed by atoms with van der Waals surface area (Å²) in [6, 6.07) is 8.49. The van der Waals surface area contributed by atoms with Crippen molar-refractivity contribution < 1.29 is 23.5 Å². The molecule has 0 atom stereocenters. The molecule has 0 aliphatic carbocycles. The fourth-order valence-corrected chi connectivity index (χ4v) is 2.66. The SMILES string of the molecule is COC(=O)c1ccoc1COC(=O)CCc1nc2ccccc2c(=O)n1C. The van der Waals surface area contributed by atoms with Crippen molar-refractivity contribution in [2.45, 2.75) is 19.4 Å². The number of benzene rings is 1. The van der Waals surface area contributed by atoms with Crippen molar-refractivity contribution in [2.24, 2.45) is 7.05 Å². The van der Waals surface area contributed by atoms with Crippen molar-refractivity contribution >= 4 is 22.8 Å². The second-order valence-corrected chi connectivity index (χ2v) is 5.82. The van der Waals surface area contributed by atoms with Crippen molar-refractivity contribution in [2.75, 3.05) is 7.11 Å². The summed E-state index contributed by atoms with van der Waals surface area (Å²) in [6.45, 7) is -0.180. The predicted molar refractivity (Wildman–Crippen MR) is 95.1 cm³/mol. The molecule has 0 fully saturated rings. The van der Waals surface area contributed by atoms with E-state index in [0.29, 0.717) is 16.7 Å². The molecule has 0 aliphatic heterocycles. The topological polar surface area (TPSA) is 101 Å². The Balaban J connectivity index is 1.64. The molecule has 1 aromatic carbocycles. The van der Waals surface area contributed by atoms with Crippen LogP contribution >= 0.6 is 0 Å². The molecule has 0 N–H and O–H groups in total. The van der Waals surface area contributed by atoms with Crippen LogP contribution in [0.25, 0.3) is 10.9 Å². The van der Waals surface area contributed by atoms with Gasteiger partial charge in [0.2, 0.25) is 0 Å². The molecule has 0 saturated heterocycles. The molecule has 0 spiro atoms. The zero-order valence-electron chi connectivity index (χ0n) is 14.9. The summed E-state index contributed by atoms with van der Waals surface area (Å²) in [4.78, 5) is 40.4. The van der Waals surface area contributed by atoms with E-state index in [-0.39, 0.29) is 36.3 Å². The lowest BCUT2D eigenvalue weighted by Crippen LogP contribution is -2.23. The maximum atomic E-state index is 12.4. The number of esters is 2. The van der Waals surface area contributed by atoms with E-state index in [0.717, 1.165) is 0 Å². The molecule has 2 heterocycles. The third-order valence-electron chi connectivity index (χ3n) is 4.14. The number of nitrogens with zero attached hydrogens (tertiary/aromatic N) is 2. The first-order chi connectivity index (χ1) is 13.0. The minimum absolute atomic E-state index is 0.0346. The molecule has 0 unspecified atom stereocenters. The Morgan fingerprint density at radius 3 is 2.78 bits per heavy atom. The average Bonchev–Trinajstić information content (AvgIpc) is 3.16. The first-order valence-electron chi connectivity index (χ1n) is 8.26. The molecule has 0 bridgehead atoms. The molecule has 27 heavy (non-hydrogen) atoms. The number of furan rings is 1. The van der Waals surface area contributed by atoms with Gasteiger partial charge in [0.1, 0.15) is 18.0 Å². The first-order valence-corrected chi connectivity index (χ1v) is 8.26. The van der Waals surface area contributed by atoms with Gasteiger partial charge in [0.25, 0.3) is 5.56 Å². The van der Waals surface area contributed by atoms with Crippen molar-refractivity contribution in [3.63, 3.8) is 0 Å². The highest BCUT2D eigenvalue weighted by atomic mass is 16.5. The van der Waals surface area contributed by atoms with Gasteiger partial charge in [0.15, 0.2) is 5.76 Å².